The summed E-state index contributed by atoms with van der Waals surface area (Å²) in [5.41, 5.74) is 19.1. The van der Waals surface area contributed by atoms with E-state index in [0.717, 1.165) is 83.5 Å². The minimum Gasteiger partial charge on any atom is -0.495 e. The van der Waals surface area contributed by atoms with Crippen molar-refractivity contribution < 1.29 is 19.0 Å². The van der Waals surface area contributed by atoms with Crippen molar-refractivity contribution in [3.63, 3.8) is 0 Å². The Kier molecular flexibility index (Phi) is 13.3. The zero-order chi connectivity index (χ0) is 44.0. The first-order valence-electron chi connectivity index (χ1n) is 24.4. The number of likely N-dealkylation sites (tertiary alicyclic amines) is 1. The van der Waals surface area contributed by atoms with Crippen molar-refractivity contribution >= 4 is 23.4 Å². The minimum atomic E-state index is -0.220. The van der Waals surface area contributed by atoms with E-state index in [-0.39, 0.29) is 54.9 Å². The SMILES string of the molecule is COc1cc(OC2CCC(NC(=O)C3CCC(N4CCC5(CC4)CC(Cc4ccc(C6=N[C@@H](CC7NCCO7)C7NNC(C)N7C7SC(C)C(C)C67)cc4)C5)NN3)CC2)ccc1C#N. The summed E-state index contributed by atoms with van der Waals surface area (Å²) in [5, 5.41) is 17.1. The summed E-state index contributed by atoms with van der Waals surface area (Å²) in [6.45, 7) is 11.0. The highest BCUT2D eigenvalue weighted by Crippen LogP contribution is 2.54. The number of methoxy groups -OCH3 is 1. The molecule has 0 bridgehead atoms. The summed E-state index contributed by atoms with van der Waals surface area (Å²) in [6.07, 6.45) is 13.3. The van der Waals surface area contributed by atoms with Crippen molar-refractivity contribution in [1.82, 2.24) is 42.1 Å². The highest BCUT2D eigenvalue weighted by atomic mass is 32.2. The van der Waals surface area contributed by atoms with E-state index in [2.05, 4.69) is 105 Å². The molecule has 10 rings (SSSR count). The lowest BCUT2D eigenvalue weighted by Crippen LogP contribution is -2.63. The highest BCUT2D eigenvalue weighted by molar-refractivity contribution is 8.00. The summed E-state index contributed by atoms with van der Waals surface area (Å²) in [5.74, 6) is 2.98. The van der Waals surface area contributed by atoms with Crippen LogP contribution in [0.1, 0.15) is 108 Å². The lowest BCUT2D eigenvalue weighted by Gasteiger charge is -2.54. The predicted octanol–water partition coefficient (Wildman–Crippen LogP) is 4.99. The second kappa shape index (κ2) is 19.1. The molecule has 346 valence electrons. The van der Waals surface area contributed by atoms with Crippen molar-refractivity contribution in [2.24, 2.45) is 28.2 Å². The van der Waals surface area contributed by atoms with E-state index < -0.39 is 0 Å². The number of carbonyl (C=O) groups excluding carboxylic acids is 1. The van der Waals surface area contributed by atoms with Gasteiger partial charge < -0.3 is 19.5 Å². The van der Waals surface area contributed by atoms with Crippen molar-refractivity contribution in [2.75, 3.05) is 33.4 Å². The number of benzene rings is 2. The quantitative estimate of drug-likeness (QED) is 0.179. The van der Waals surface area contributed by atoms with E-state index in [1.54, 1.807) is 19.2 Å². The lowest BCUT2D eigenvalue weighted by molar-refractivity contribution is -0.126. The van der Waals surface area contributed by atoms with E-state index in [4.69, 9.17) is 19.2 Å². The molecule has 1 amide bonds. The Labute approximate surface area is 384 Å². The van der Waals surface area contributed by atoms with Crippen LogP contribution in [0.25, 0.3) is 0 Å². The number of rotatable bonds is 11. The number of hydrogen-bond donors (Lipinski definition) is 6. The molecule has 8 aliphatic rings. The molecular formula is C49H70N10O4S. The number of amides is 1. The first kappa shape index (κ1) is 44.5. The van der Waals surface area contributed by atoms with Gasteiger partial charge in [0.25, 0.3) is 0 Å². The number of ether oxygens (including phenoxy) is 3. The average Bonchev–Trinajstić information content (AvgIpc) is 4.02. The van der Waals surface area contributed by atoms with Crippen LogP contribution in [-0.4, -0.2) is 114 Å². The molecule has 6 aliphatic heterocycles. The number of piperidine rings is 1. The van der Waals surface area contributed by atoms with E-state index in [0.29, 0.717) is 44.9 Å². The van der Waals surface area contributed by atoms with E-state index in [1.165, 1.54) is 42.5 Å². The van der Waals surface area contributed by atoms with Crippen LogP contribution in [0.4, 0.5) is 0 Å². The van der Waals surface area contributed by atoms with Gasteiger partial charge in [0, 0.05) is 55.0 Å². The number of thioether (sulfide) groups is 1. The van der Waals surface area contributed by atoms with Gasteiger partial charge in [0.2, 0.25) is 5.91 Å². The molecule has 10 atom stereocenters. The van der Waals surface area contributed by atoms with Crippen molar-refractivity contribution in [3.05, 3.63) is 59.2 Å². The molecule has 64 heavy (non-hydrogen) atoms. The second-order valence-electron chi connectivity index (χ2n) is 20.3. The van der Waals surface area contributed by atoms with Gasteiger partial charge in [0.05, 0.1) is 55.3 Å². The first-order valence-corrected chi connectivity index (χ1v) is 25.4. The smallest absolute Gasteiger partial charge is 0.238 e. The Bertz CT molecular complexity index is 2010. The number of aliphatic imine (C=N–C) groups is 1. The summed E-state index contributed by atoms with van der Waals surface area (Å²) in [6, 6.07) is 17.1. The molecule has 14 nitrogen and oxygen atoms in total. The Hall–Kier alpha value is -3.30. The molecule has 6 N–H and O–H groups in total. The van der Waals surface area contributed by atoms with Crippen LogP contribution in [0.15, 0.2) is 47.5 Å². The number of carbonyl (C=O) groups is 1. The maximum Gasteiger partial charge on any atom is 0.238 e. The predicted molar refractivity (Wildman–Crippen MR) is 249 cm³/mol. The fourth-order valence-corrected chi connectivity index (χ4v) is 14.3. The van der Waals surface area contributed by atoms with Crippen LogP contribution < -0.4 is 41.8 Å². The monoisotopic (exact) mass is 895 g/mol. The van der Waals surface area contributed by atoms with Crippen LogP contribution in [-0.2, 0) is 16.0 Å². The maximum atomic E-state index is 13.3. The first-order chi connectivity index (χ1) is 31.2. The molecule has 5 saturated heterocycles. The molecular weight excluding hydrogens is 825 g/mol. The second-order valence-corrected chi connectivity index (χ2v) is 21.8. The fourth-order valence-electron chi connectivity index (χ4n) is 12.5. The molecule has 9 unspecified atom stereocenters. The van der Waals surface area contributed by atoms with Crippen molar-refractivity contribution in [1.29, 1.82) is 5.26 Å². The Morgan fingerprint density at radius 2 is 1.80 bits per heavy atom. The molecule has 2 aromatic carbocycles. The molecule has 2 saturated carbocycles. The number of nitrogens with zero attached hydrogens (tertiary/aromatic N) is 4. The van der Waals surface area contributed by atoms with Crippen molar-refractivity contribution in [2.45, 2.75) is 157 Å². The molecule has 2 aliphatic carbocycles. The fraction of sp³-hybridized carbons (Fsp3) is 0.694. The lowest BCUT2D eigenvalue weighted by atomic mass is 9.56. The number of hydrogen-bond acceptors (Lipinski definition) is 14. The summed E-state index contributed by atoms with van der Waals surface area (Å²) in [4.78, 5) is 24.3. The van der Waals surface area contributed by atoms with Crippen LogP contribution in [0.5, 0.6) is 11.5 Å². The van der Waals surface area contributed by atoms with E-state index in [1.807, 2.05) is 6.07 Å². The zero-order valence-electron chi connectivity index (χ0n) is 38.2. The normalized spacial score (nSPS) is 36.6. The van der Waals surface area contributed by atoms with Gasteiger partial charge in [-0.1, -0.05) is 38.1 Å². The Morgan fingerprint density at radius 3 is 2.50 bits per heavy atom. The molecule has 0 radical (unpaired) electrons. The van der Waals surface area contributed by atoms with Gasteiger partial charge in [0.1, 0.15) is 29.8 Å². The molecule has 0 aromatic heterocycles. The van der Waals surface area contributed by atoms with Crippen LogP contribution in [0.2, 0.25) is 0 Å². The average molecular weight is 895 g/mol. The zero-order valence-corrected chi connectivity index (χ0v) is 39.0. The topological polar surface area (TPSA) is 160 Å². The molecule has 6 heterocycles. The van der Waals surface area contributed by atoms with Gasteiger partial charge in [0.15, 0.2) is 0 Å². The van der Waals surface area contributed by atoms with Crippen LogP contribution in [0.3, 0.4) is 0 Å². The van der Waals surface area contributed by atoms with Gasteiger partial charge in [-0.05, 0) is 118 Å². The van der Waals surface area contributed by atoms with Crippen LogP contribution in [0, 0.1) is 34.5 Å². The third kappa shape index (κ3) is 9.21. The molecule has 2 aromatic rings. The number of nitriles is 1. The standard InChI is InChI=1S/C49H70N10O4S/c1-29-30(2)64-48-44(29)45(53-40(25-43-51-19-22-62-43)46-57-54-31(3)59(46)48)34-7-5-32(6-8-34)23-33-26-49(27-33)17-20-58(21-18-49)42-16-15-39(55-56-42)47(60)52-36-10-13-37(14-11-36)63-38-12-9-35(28-50)41(24-38)61-4/h5-9,12,24,29-31,33,36-37,39-40,42-44,46,48,51,54-57H,10-11,13-23,25-27H2,1-4H3,(H,52,60)/t29?,30?,31?,36?,37?,39?,40-,42?,43?,44?,46?,48?/m0/s1. The molecule has 1 spiro atoms. The maximum absolute atomic E-state index is 13.3. The van der Waals surface area contributed by atoms with Crippen LogP contribution >= 0.6 is 11.8 Å². The van der Waals surface area contributed by atoms with E-state index >= 15 is 0 Å². The van der Waals surface area contributed by atoms with Gasteiger partial charge in [-0.15, -0.1) is 11.8 Å². The number of nitrogens with one attached hydrogen (secondary N) is 6. The van der Waals surface area contributed by atoms with Gasteiger partial charge in [-0.3, -0.25) is 24.9 Å². The highest BCUT2D eigenvalue weighted by Gasteiger charge is 2.53. The van der Waals surface area contributed by atoms with Gasteiger partial charge in [-0.25, -0.2) is 21.7 Å². The Balaban J connectivity index is 0.668. The summed E-state index contributed by atoms with van der Waals surface area (Å²) in [7, 11) is 1.56. The molecule has 7 fully saturated rings. The summed E-state index contributed by atoms with van der Waals surface area (Å²) < 4.78 is 17.6. The van der Waals surface area contributed by atoms with Gasteiger partial charge >= 0.3 is 0 Å². The van der Waals surface area contributed by atoms with Gasteiger partial charge in [-0.2, -0.15) is 5.26 Å². The summed E-state index contributed by atoms with van der Waals surface area (Å²) >= 11 is 2.13. The third-order valence-electron chi connectivity index (χ3n) is 16.3. The van der Waals surface area contributed by atoms with E-state index in [9.17, 15) is 10.1 Å². The largest absolute Gasteiger partial charge is 0.495 e. The molecule has 15 heteroatoms. The van der Waals surface area contributed by atoms with Crippen molar-refractivity contribution in [3.8, 4) is 17.6 Å². The Morgan fingerprint density at radius 1 is 1.00 bits per heavy atom. The number of hydrazine groups is 2. The number of fused-ring (bicyclic) bond motifs is 3. The third-order valence-corrected chi connectivity index (χ3v) is 18.0. The minimum absolute atomic E-state index is 0.0463.